The van der Waals surface area contributed by atoms with Crippen molar-refractivity contribution >= 4 is 0 Å². The molecular weight excluding hydrogens is 177 g/mol. The molecule has 1 aliphatic carbocycles. The van der Waals surface area contributed by atoms with E-state index in [4.69, 9.17) is 0 Å². The largest absolute Gasteiger partial charge is 0.224 e. The molecule has 1 heterocycles. The Labute approximate surface area is 84.4 Å². The smallest absolute Gasteiger partial charge is 0.216 e. The van der Waals surface area contributed by atoms with E-state index in [9.17, 15) is 4.39 Å². The Morgan fingerprint density at radius 1 is 1.36 bits per heavy atom. The molecule has 0 spiro atoms. The van der Waals surface area contributed by atoms with Gasteiger partial charge in [0.15, 0.2) is 0 Å². The Kier molecular flexibility index (Phi) is 2.09. The Morgan fingerprint density at radius 3 is 2.43 bits per heavy atom. The van der Waals surface area contributed by atoms with Crippen LogP contribution in [0.1, 0.15) is 50.8 Å². The lowest BCUT2D eigenvalue weighted by molar-refractivity contribution is 0.537. The molecule has 14 heavy (non-hydrogen) atoms. The second kappa shape index (κ2) is 3.04. The third-order valence-electron chi connectivity index (χ3n) is 3.11. The van der Waals surface area contributed by atoms with Gasteiger partial charge in [-0.3, -0.25) is 0 Å². The van der Waals surface area contributed by atoms with E-state index in [0.29, 0.717) is 5.92 Å². The van der Waals surface area contributed by atoms with Gasteiger partial charge in [-0.2, -0.15) is 4.39 Å². The van der Waals surface area contributed by atoms with Crippen molar-refractivity contribution in [3.05, 3.63) is 29.3 Å². The predicted octanol–water partition coefficient (Wildman–Crippen LogP) is 3.40. The fourth-order valence-electron chi connectivity index (χ4n) is 1.68. The molecule has 1 aromatic heterocycles. The number of aromatic nitrogens is 1. The molecule has 76 valence electrons. The molecule has 0 unspecified atom stereocenters. The number of hydrogen-bond acceptors (Lipinski definition) is 1. The van der Waals surface area contributed by atoms with Crippen molar-refractivity contribution in [2.45, 2.75) is 44.9 Å². The van der Waals surface area contributed by atoms with Gasteiger partial charge in [0.2, 0.25) is 5.95 Å². The highest BCUT2D eigenvalue weighted by Gasteiger charge is 2.41. The molecule has 0 radical (unpaired) electrons. The van der Waals surface area contributed by atoms with Gasteiger partial charge in [0, 0.05) is 11.3 Å². The first-order valence-electron chi connectivity index (χ1n) is 5.20. The average Bonchev–Trinajstić information content (AvgIpc) is 2.84. The summed E-state index contributed by atoms with van der Waals surface area (Å²) in [7, 11) is 0. The minimum atomic E-state index is -0.267. The first kappa shape index (κ1) is 9.63. The van der Waals surface area contributed by atoms with Gasteiger partial charge < -0.3 is 0 Å². The van der Waals surface area contributed by atoms with Crippen molar-refractivity contribution in [3.8, 4) is 0 Å². The molecule has 2 rings (SSSR count). The summed E-state index contributed by atoms with van der Waals surface area (Å²) in [5.74, 6) is 0.0294. The zero-order valence-electron chi connectivity index (χ0n) is 8.97. The number of rotatable bonds is 2. The van der Waals surface area contributed by atoms with E-state index in [1.807, 2.05) is 26.0 Å². The van der Waals surface area contributed by atoms with Crippen LogP contribution in [0.5, 0.6) is 0 Å². The van der Waals surface area contributed by atoms with Crippen molar-refractivity contribution in [2.24, 2.45) is 0 Å². The maximum Gasteiger partial charge on any atom is 0.216 e. The molecule has 1 aromatic rings. The highest BCUT2D eigenvalue weighted by Crippen LogP contribution is 2.48. The minimum Gasteiger partial charge on any atom is -0.224 e. The number of halogens is 1. The topological polar surface area (TPSA) is 12.9 Å². The zero-order valence-corrected chi connectivity index (χ0v) is 8.97. The van der Waals surface area contributed by atoms with E-state index >= 15 is 0 Å². The van der Waals surface area contributed by atoms with Crippen LogP contribution in [0.2, 0.25) is 0 Å². The summed E-state index contributed by atoms with van der Waals surface area (Å²) in [6, 6.07) is 3.86. The molecule has 2 heteroatoms. The summed E-state index contributed by atoms with van der Waals surface area (Å²) in [4.78, 5) is 4.01. The van der Waals surface area contributed by atoms with E-state index in [0.717, 1.165) is 24.1 Å². The molecule has 1 fully saturated rings. The first-order valence-corrected chi connectivity index (χ1v) is 5.20. The number of nitrogens with zero attached hydrogens (tertiary/aromatic N) is 1. The quantitative estimate of drug-likeness (QED) is 0.656. The molecule has 1 aliphatic rings. The molecule has 1 nitrogen and oxygen atoms in total. The van der Waals surface area contributed by atoms with Crippen LogP contribution in [0.25, 0.3) is 0 Å². The van der Waals surface area contributed by atoms with Crippen LogP contribution in [-0.4, -0.2) is 4.98 Å². The summed E-state index contributed by atoms with van der Waals surface area (Å²) in [5, 5.41) is 0. The normalized spacial score (nSPS) is 18.6. The van der Waals surface area contributed by atoms with Crippen molar-refractivity contribution in [1.29, 1.82) is 0 Å². The Morgan fingerprint density at radius 2 is 2.00 bits per heavy atom. The SMILES string of the molecule is CC(C)c1ccc(C2(C)CC2)c(F)n1. The van der Waals surface area contributed by atoms with E-state index < -0.39 is 0 Å². The van der Waals surface area contributed by atoms with E-state index in [1.165, 1.54) is 0 Å². The summed E-state index contributed by atoms with van der Waals surface area (Å²) in [6.07, 6.45) is 2.18. The van der Waals surface area contributed by atoms with Crippen molar-refractivity contribution < 1.29 is 4.39 Å². The maximum atomic E-state index is 13.6. The third-order valence-corrected chi connectivity index (χ3v) is 3.11. The fraction of sp³-hybridized carbons (Fsp3) is 0.583. The van der Waals surface area contributed by atoms with Gasteiger partial charge in [0.1, 0.15) is 0 Å². The average molecular weight is 193 g/mol. The van der Waals surface area contributed by atoms with Crippen LogP contribution in [0.4, 0.5) is 4.39 Å². The number of pyridine rings is 1. The molecule has 0 amide bonds. The summed E-state index contributed by atoms with van der Waals surface area (Å²) in [6.45, 7) is 6.16. The van der Waals surface area contributed by atoms with Crippen molar-refractivity contribution in [2.75, 3.05) is 0 Å². The highest BCUT2D eigenvalue weighted by atomic mass is 19.1. The lowest BCUT2D eigenvalue weighted by Gasteiger charge is -2.11. The molecule has 1 saturated carbocycles. The Bertz CT molecular complexity index is 353. The monoisotopic (exact) mass is 193 g/mol. The predicted molar refractivity (Wildman–Crippen MR) is 54.9 cm³/mol. The summed E-state index contributed by atoms with van der Waals surface area (Å²) in [5.41, 5.74) is 1.71. The highest BCUT2D eigenvalue weighted by molar-refractivity contribution is 5.30. The van der Waals surface area contributed by atoms with Crippen LogP contribution < -0.4 is 0 Å². The van der Waals surface area contributed by atoms with Gasteiger partial charge in [-0.15, -0.1) is 0 Å². The zero-order chi connectivity index (χ0) is 10.3. The van der Waals surface area contributed by atoms with E-state index in [2.05, 4.69) is 11.9 Å². The molecule has 0 saturated heterocycles. The van der Waals surface area contributed by atoms with Gasteiger partial charge >= 0.3 is 0 Å². The molecule has 0 N–H and O–H groups in total. The van der Waals surface area contributed by atoms with Crippen LogP contribution >= 0.6 is 0 Å². The molecule has 0 aromatic carbocycles. The molecule has 0 bridgehead atoms. The van der Waals surface area contributed by atoms with Gasteiger partial charge in [-0.25, -0.2) is 4.98 Å². The second-order valence-electron chi connectivity index (χ2n) is 4.79. The summed E-state index contributed by atoms with van der Waals surface area (Å²) < 4.78 is 13.6. The lowest BCUT2D eigenvalue weighted by Crippen LogP contribution is -2.07. The van der Waals surface area contributed by atoms with Crippen LogP contribution in [-0.2, 0) is 5.41 Å². The lowest BCUT2D eigenvalue weighted by atomic mass is 9.98. The Hall–Kier alpha value is -0.920. The minimum absolute atomic E-state index is 0.0760. The van der Waals surface area contributed by atoms with Crippen LogP contribution in [0.3, 0.4) is 0 Å². The van der Waals surface area contributed by atoms with Gasteiger partial charge in [-0.1, -0.05) is 26.8 Å². The fourth-order valence-corrected chi connectivity index (χ4v) is 1.68. The van der Waals surface area contributed by atoms with Crippen molar-refractivity contribution in [3.63, 3.8) is 0 Å². The third kappa shape index (κ3) is 1.54. The molecule has 0 atom stereocenters. The van der Waals surface area contributed by atoms with Gasteiger partial charge in [-0.05, 0) is 30.2 Å². The first-order chi connectivity index (χ1) is 6.53. The van der Waals surface area contributed by atoms with Crippen LogP contribution in [0.15, 0.2) is 12.1 Å². The number of hydrogen-bond donors (Lipinski definition) is 0. The second-order valence-corrected chi connectivity index (χ2v) is 4.79. The maximum absolute atomic E-state index is 13.6. The molecular formula is C12H16FN. The Balaban J connectivity index is 2.37. The van der Waals surface area contributed by atoms with Crippen LogP contribution in [0, 0.1) is 5.95 Å². The molecule has 0 aliphatic heterocycles. The van der Waals surface area contributed by atoms with E-state index in [-0.39, 0.29) is 11.4 Å². The standard InChI is InChI=1S/C12H16FN/c1-8(2)10-5-4-9(11(13)14-10)12(3)6-7-12/h4-5,8H,6-7H2,1-3H3. The van der Waals surface area contributed by atoms with Crippen molar-refractivity contribution in [1.82, 2.24) is 4.98 Å². The van der Waals surface area contributed by atoms with Gasteiger partial charge in [0.05, 0.1) is 0 Å². The van der Waals surface area contributed by atoms with E-state index in [1.54, 1.807) is 0 Å². The summed E-state index contributed by atoms with van der Waals surface area (Å²) >= 11 is 0. The van der Waals surface area contributed by atoms with Gasteiger partial charge in [0.25, 0.3) is 0 Å².